The highest BCUT2D eigenvalue weighted by atomic mass is 16.5. The van der Waals surface area contributed by atoms with Crippen LogP contribution < -0.4 is 9.64 Å². The first-order valence-electron chi connectivity index (χ1n) is 8.16. The summed E-state index contributed by atoms with van der Waals surface area (Å²) < 4.78 is 7.08. The molecule has 0 bridgehead atoms. The van der Waals surface area contributed by atoms with Crippen LogP contribution in [-0.2, 0) is 0 Å². The molecule has 4 rings (SSSR count). The van der Waals surface area contributed by atoms with Crippen molar-refractivity contribution in [1.29, 1.82) is 0 Å². The zero-order valence-electron chi connectivity index (χ0n) is 13.6. The molecule has 0 spiro atoms. The van der Waals surface area contributed by atoms with Gasteiger partial charge in [0.1, 0.15) is 11.3 Å². The number of nitrogens with zero attached hydrogens (tertiary/aromatic N) is 4. The van der Waals surface area contributed by atoms with Crippen molar-refractivity contribution in [3.63, 3.8) is 0 Å². The number of ether oxygens (including phenoxy) is 1. The summed E-state index contributed by atoms with van der Waals surface area (Å²) in [5.74, 6) is 1.76. The Hall–Kier alpha value is -2.60. The number of aliphatic hydroxyl groups excluding tert-OH is 1. The fourth-order valence-corrected chi connectivity index (χ4v) is 3.13. The molecule has 24 heavy (non-hydrogen) atoms. The maximum Gasteiger partial charge on any atom is 0.154 e. The predicted octanol–water partition coefficient (Wildman–Crippen LogP) is 2.37. The normalized spacial score (nSPS) is 15.8. The van der Waals surface area contributed by atoms with E-state index >= 15 is 0 Å². The van der Waals surface area contributed by atoms with Crippen LogP contribution in [0.15, 0.2) is 42.7 Å². The molecule has 0 unspecified atom stereocenters. The number of methoxy groups -OCH3 is 1. The number of benzene rings is 1. The first kappa shape index (κ1) is 15.0. The van der Waals surface area contributed by atoms with E-state index in [0.29, 0.717) is 0 Å². The molecule has 1 aliphatic heterocycles. The third-order valence-electron chi connectivity index (χ3n) is 4.52. The summed E-state index contributed by atoms with van der Waals surface area (Å²) in [6, 6.07) is 9.94. The van der Waals surface area contributed by atoms with Crippen LogP contribution in [0.5, 0.6) is 5.75 Å². The average Bonchev–Trinajstić information content (AvgIpc) is 3.07. The van der Waals surface area contributed by atoms with E-state index in [1.165, 1.54) is 0 Å². The lowest BCUT2D eigenvalue weighted by Gasteiger charge is -2.30. The number of anilines is 1. The molecule has 6 heteroatoms. The SMILES string of the molecule is COc1ccc(-c2cc3c(N4CCC(O)CC4)nccn3n2)cc1. The molecule has 1 N–H and O–H groups in total. The van der Waals surface area contributed by atoms with Gasteiger partial charge in [-0.25, -0.2) is 9.50 Å². The Bertz CT molecular complexity index is 836. The van der Waals surface area contributed by atoms with Gasteiger partial charge in [0, 0.05) is 31.0 Å². The summed E-state index contributed by atoms with van der Waals surface area (Å²) in [4.78, 5) is 6.78. The van der Waals surface area contributed by atoms with Crippen LogP contribution in [0.25, 0.3) is 16.8 Å². The second-order valence-corrected chi connectivity index (χ2v) is 6.06. The minimum absolute atomic E-state index is 0.194. The fourth-order valence-electron chi connectivity index (χ4n) is 3.13. The third-order valence-corrected chi connectivity index (χ3v) is 4.52. The van der Waals surface area contributed by atoms with Crippen LogP contribution in [0.4, 0.5) is 5.82 Å². The molecule has 3 heterocycles. The van der Waals surface area contributed by atoms with Crippen molar-refractivity contribution in [2.24, 2.45) is 0 Å². The van der Waals surface area contributed by atoms with Gasteiger partial charge in [0.15, 0.2) is 5.82 Å². The second-order valence-electron chi connectivity index (χ2n) is 6.06. The van der Waals surface area contributed by atoms with Gasteiger partial charge in [0.2, 0.25) is 0 Å². The minimum atomic E-state index is -0.194. The first-order valence-corrected chi connectivity index (χ1v) is 8.16. The van der Waals surface area contributed by atoms with Gasteiger partial charge in [0.25, 0.3) is 0 Å². The number of aromatic nitrogens is 3. The van der Waals surface area contributed by atoms with E-state index in [1.54, 1.807) is 13.3 Å². The monoisotopic (exact) mass is 324 g/mol. The van der Waals surface area contributed by atoms with Crippen LogP contribution in [-0.4, -0.2) is 46.0 Å². The summed E-state index contributed by atoms with van der Waals surface area (Å²) >= 11 is 0. The van der Waals surface area contributed by atoms with Gasteiger partial charge in [-0.1, -0.05) is 0 Å². The molecule has 124 valence electrons. The zero-order chi connectivity index (χ0) is 16.5. The summed E-state index contributed by atoms with van der Waals surface area (Å²) in [5.41, 5.74) is 2.93. The summed E-state index contributed by atoms with van der Waals surface area (Å²) in [6.45, 7) is 1.63. The third kappa shape index (κ3) is 2.69. The van der Waals surface area contributed by atoms with E-state index in [9.17, 15) is 5.11 Å². The average molecular weight is 324 g/mol. The Morgan fingerprint density at radius 2 is 1.92 bits per heavy atom. The number of piperidine rings is 1. The standard InChI is InChI=1S/C18H20N4O2/c1-24-15-4-2-13(3-5-15)16-12-17-18(19-8-11-22(17)20-16)21-9-6-14(23)7-10-21/h2-5,8,11-12,14,23H,6-7,9-10H2,1H3. The van der Waals surface area contributed by atoms with Crippen molar-refractivity contribution in [3.8, 4) is 17.0 Å². The van der Waals surface area contributed by atoms with Gasteiger partial charge >= 0.3 is 0 Å². The maximum absolute atomic E-state index is 9.71. The van der Waals surface area contributed by atoms with Gasteiger partial charge in [-0.3, -0.25) is 0 Å². The fraction of sp³-hybridized carbons (Fsp3) is 0.333. The molecule has 0 saturated carbocycles. The van der Waals surface area contributed by atoms with Gasteiger partial charge in [0.05, 0.1) is 18.9 Å². The molecule has 2 aromatic heterocycles. The molecule has 1 aliphatic rings. The highest BCUT2D eigenvalue weighted by Crippen LogP contribution is 2.27. The largest absolute Gasteiger partial charge is 0.497 e. The molecule has 1 fully saturated rings. The van der Waals surface area contributed by atoms with Gasteiger partial charge in [-0.2, -0.15) is 5.10 Å². The highest BCUT2D eigenvalue weighted by molar-refractivity contribution is 5.75. The van der Waals surface area contributed by atoms with E-state index in [-0.39, 0.29) is 6.10 Å². The van der Waals surface area contributed by atoms with E-state index in [1.807, 2.05) is 35.0 Å². The predicted molar refractivity (Wildman–Crippen MR) is 92.4 cm³/mol. The number of hydrogen-bond donors (Lipinski definition) is 1. The number of hydrogen-bond acceptors (Lipinski definition) is 5. The molecular formula is C18H20N4O2. The minimum Gasteiger partial charge on any atom is -0.497 e. The zero-order valence-corrected chi connectivity index (χ0v) is 13.6. The molecule has 0 aliphatic carbocycles. The Balaban J connectivity index is 1.71. The number of rotatable bonds is 3. The quantitative estimate of drug-likeness (QED) is 0.801. The molecule has 0 atom stereocenters. The van der Waals surface area contributed by atoms with E-state index in [4.69, 9.17) is 4.74 Å². The van der Waals surface area contributed by atoms with Crippen molar-refractivity contribution >= 4 is 11.3 Å². The highest BCUT2D eigenvalue weighted by Gasteiger charge is 2.20. The molecule has 0 amide bonds. The van der Waals surface area contributed by atoms with E-state index in [2.05, 4.69) is 21.0 Å². The lowest BCUT2D eigenvalue weighted by Crippen LogP contribution is -2.36. The lowest BCUT2D eigenvalue weighted by atomic mass is 10.1. The Labute approximate surface area is 140 Å². The van der Waals surface area contributed by atoms with Crippen LogP contribution in [0.2, 0.25) is 0 Å². The molecule has 1 saturated heterocycles. The Kier molecular flexibility index (Phi) is 3.82. The van der Waals surface area contributed by atoms with Crippen LogP contribution in [0, 0.1) is 0 Å². The maximum atomic E-state index is 9.71. The molecule has 3 aromatic rings. The van der Waals surface area contributed by atoms with Crippen LogP contribution >= 0.6 is 0 Å². The lowest BCUT2D eigenvalue weighted by molar-refractivity contribution is 0.145. The molecule has 0 radical (unpaired) electrons. The summed E-state index contributed by atoms with van der Waals surface area (Å²) in [5, 5.41) is 14.4. The van der Waals surface area contributed by atoms with Crippen molar-refractivity contribution in [3.05, 3.63) is 42.7 Å². The van der Waals surface area contributed by atoms with Crippen molar-refractivity contribution in [2.75, 3.05) is 25.1 Å². The van der Waals surface area contributed by atoms with E-state index < -0.39 is 0 Å². The Morgan fingerprint density at radius 1 is 1.17 bits per heavy atom. The van der Waals surface area contributed by atoms with Gasteiger partial charge < -0.3 is 14.7 Å². The Morgan fingerprint density at radius 3 is 2.62 bits per heavy atom. The summed E-state index contributed by atoms with van der Waals surface area (Å²) in [6.07, 6.45) is 5.01. The topological polar surface area (TPSA) is 62.9 Å². The molecule has 6 nitrogen and oxygen atoms in total. The van der Waals surface area contributed by atoms with Crippen molar-refractivity contribution in [1.82, 2.24) is 14.6 Å². The van der Waals surface area contributed by atoms with E-state index in [0.717, 1.165) is 54.3 Å². The van der Waals surface area contributed by atoms with Gasteiger partial charge in [-0.15, -0.1) is 0 Å². The first-order chi connectivity index (χ1) is 11.7. The second kappa shape index (κ2) is 6.13. The molecular weight excluding hydrogens is 304 g/mol. The number of fused-ring (bicyclic) bond motifs is 1. The van der Waals surface area contributed by atoms with Crippen molar-refractivity contribution < 1.29 is 9.84 Å². The van der Waals surface area contributed by atoms with Crippen LogP contribution in [0.1, 0.15) is 12.8 Å². The smallest absolute Gasteiger partial charge is 0.154 e. The van der Waals surface area contributed by atoms with Gasteiger partial charge in [-0.05, 0) is 43.2 Å². The molecule has 1 aromatic carbocycles. The van der Waals surface area contributed by atoms with Crippen LogP contribution in [0.3, 0.4) is 0 Å². The summed E-state index contributed by atoms with van der Waals surface area (Å²) in [7, 11) is 1.66. The van der Waals surface area contributed by atoms with Crippen molar-refractivity contribution in [2.45, 2.75) is 18.9 Å². The number of aliphatic hydroxyl groups is 1.